The van der Waals surface area contributed by atoms with Crippen molar-refractivity contribution in [3.05, 3.63) is 29.8 Å². The van der Waals surface area contributed by atoms with Crippen LogP contribution in [0.3, 0.4) is 0 Å². The van der Waals surface area contributed by atoms with Crippen LogP contribution in [0.1, 0.15) is 18.4 Å². The molecule has 6 nitrogen and oxygen atoms in total. The van der Waals surface area contributed by atoms with E-state index >= 15 is 0 Å². The highest BCUT2D eigenvalue weighted by molar-refractivity contribution is 5.99. The number of benzene rings is 1. The van der Waals surface area contributed by atoms with Crippen LogP contribution in [0.15, 0.2) is 24.3 Å². The fourth-order valence-corrected chi connectivity index (χ4v) is 2.27. The van der Waals surface area contributed by atoms with Gasteiger partial charge in [-0.2, -0.15) is 0 Å². The van der Waals surface area contributed by atoms with Crippen molar-refractivity contribution in [1.82, 2.24) is 5.32 Å². The van der Waals surface area contributed by atoms with Gasteiger partial charge in [-0.05, 0) is 24.5 Å². The highest BCUT2D eigenvalue weighted by Crippen LogP contribution is 2.22. The van der Waals surface area contributed by atoms with Crippen molar-refractivity contribution < 1.29 is 14.3 Å². The molecule has 1 aliphatic rings. The largest absolute Gasteiger partial charge is 0.381 e. The minimum atomic E-state index is -0.904. The summed E-state index contributed by atoms with van der Waals surface area (Å²) in [6, 6.07) is 7.24. The van der Waals surface area contributed by atoms with Crippen molar-refractivity contribution >= 4 is 17.5 Å². The summed E-state index contributed by atoms with van der Waals surface area (Å²) in [4.78, 5) is 23.9. The molecule has 1 aromatic carbocycles. The Bertz CT molecular complexity index is 525. The van der Waals surface area contributed by atoms with E-state index in [0.717, 1.165) is 5.56 Å². The monoisotopic (exact) mass is 291 g/mol. The molecule has 4 N–H and O–H groups in total. The fraction of sp³-hybridized carbons (Fsp3) is 0.467. The number of hydrogen-bond acceptors (Lipinski definition) is 4. The van der Waals surface area contributed by atoms with Crippen LogP contribution in [-0.4, -0.2) is 37.6 Å². The standard InChI is InChI=1S/C15H21N3O3/c1-17-13(19)10-11-4-2-3-5-12(11)18-14(20)15(16)6-8-21-9-7-15/h2-5H,6-10,16H2,1H3,(H,17,19)(H,18,20). The van der Waals surface area contributed by atoms with Crippen molar-refractivity contribution in [2.75, 3.05) is 25.6 Å². The summed E-state index contributed by atoms with van der Waals surface area (Å²) in [5, 5.41) is 5.42. The maximum absolute atomic E-state index is 12.4. The molecule has 2 amide bonds. The topological polar surface area (TPSA) is 93.5 Å². The van der Waals surface area contributed by atoms with Crippen LogP contribution in [-0.2, 0) is 20.7 Å². The number of likely N-dealkylation sites (N-methyl/N-ethyl adjacent to an activating group) is 1. The lowest BCUT2D eigenvalue weighted by atomic mass is 9.90. The number of ether oxygens (including phenoxy) is 1. The van der Waals surface area contributed by atoms with Gasteiger partial charge in [0.15, 0.2) is 0 Å². The number of nitrogens with two attached hydrogens (primary N) is 1. The van der Waals surface area contributed by atoms with Crippen molar-refractivity contribution in [3.63, 3.8) is 0 Å². The van der Waals surface area contributed by atoms with Gasteiger partial charge in [-0.15, -0.1) is 0 Å². The summed E-state index contributed by atoms with van der Waals surface area (Å²) in [6.45, 7) is 0.980. The predicted molar refractivity (Wildman–Crippen MR) is 79.8 cm³/mol. The maximum Gasteiger partial charge on any atom is 0.244 e. The van der Waals surface area contributed by atoms with Crippen molar-refractivity contribution in [3.8, 4) is 0 Å². The quantitative estimate of drug-likeness (QED) is 0.749. The van der Waals surface area contributed by atoms with E-state index in [0.29, 0.717) is 31.7 Å². The molecule has 0 atom stereocenters. The van der Waals surface area contributed by atoms with Gasteiger partial charge >= 0.3 is 0 Å². The summed E-state index contributed by atoms with van der Waals surface area (Å²) < 4.78 is 5.24. The van der Waals surface area contributed by atoms with Gasteiger partial charge in [0.05, 0.1) is 6.42 Å². The predicted octanol–water partition coefficient (Wildman–Crippen LogP) is 0.421. The second kappa shape index (κ2) is 6.69. The third-order valence-corrected chi connectivity index (χ3v) is 3.73. The first-order chi connectivity index (χ1) is 10.0. The van der Waals surface area contributed by atoms with Crippen molar-refractivity contribution in [1.29, 1.82) is 0 Å². The Balaban J connectivity index is 2.11. The highest BCUT2D eigenvalue weighted by Gasteiger charge is 2.36. The molecule has 1 heterocycles. The second-order valence-electron chi connectivity index (χ2n) is 5.23. The average Bonchev–Trinajstić information content (AvgIpc) is 2.49. The van der Waals surface area contributed by atoms with E-state index in [1.165, 1.54) is 0 Å². The zero-order valence-corrected chi connectivity index (χ0v) is 12.1. The fourth-order valence-electron chi connectivity index (χ4n) is 2.27. The molecule has 0 aromatic heterocycles. The molecule has 6 heteroatoms. The Morgan fingerprint density at radius 2 is 1.95 bits per heavy atom. The van der Waals surface area contributed by atoms with Gasteiger partial charge in [0.25, 0.3) is 0 Å². The van der Waals surface area contributed by atoms with Crippen LogP contribution in [0.25, 0.3) is 0 Å². The Kier molecular flexibility index (Phi) is 4.93. The first-order valence-corrected chi connectivity index (χ1v) is 7.02. The minimum Gasteiger partial charge on any atom is -0.381 e. The molecule has 1 fully saturated rings. The van der Waals surface area contributed by atoms with E-state index in [1.54, 1.807) is 13.1 Å². The molecule has 0 bridgehead atoms. The lowest BCUT2D eigenvalue weighted by Crippen LogP contribution is -2.54. The Morgan fingerprint density at radius 3 is 2.62 bits per heavy atom. The van der Waals surface area contributed by atoms with Gasteiger partial charge in [0, 0.05) is 25.9 Å². The molecular formula is C15H21N3O3. The number of carbonyl (C=O) groups is 2. The van der Waals surface area contributed by atoms with Crippen LogP contribution in [0.2, 0.25) is 0 Å². The van der Waals surface area contributed by atoms with Crippen LogP contribution in [0.4, 0.5) is 5.69 Å². The zero-order chi connectivity index (χ0) is 15.3. The van der Waals surface area contributed by atoms with Crippen LogP contribution < -0.4 is 16.4 Å². The first kappa shape index (κ1) is 15.5. The molecule has 0 spiro atoms. The SMILES string of the molecule is CNC(=O)Cc1ccccc1NC(=O)C1(N)CCOCC1. The molecule has 2 rings (SSSR count). The second-order valence-corrected chi connectivity index (χ2v) is 5.23. The number of anilines is 1. The van der Waals surface area contributed by atoms with Gasteiger partial charge < -0.3 is 21.1 Å². The molecule has 0 unspecified atom stereocenters. The van der Waals surface area contributed by atoms with Crippen LogP contribution in [0, 0.1) is 0 Å². The molecule has 0 saturated carbocycles. The molecular weight excluding hydrogens is 270 g/mol. The molecule has 0 radical (unpaired) electrons. The van der Waals surface area contributed by atoms with E-state index in [1.807, 2.05) is 18.2 Å². The normalized spacial score (nSPS) is 17.0. The van der Waals surface area contributed by atoms with Crippen molar-refractivity contribution in [2.45, 2.75) is 24.8 Å². The number of amides is 2. The summed E-state index contributed by atoms with van der Waals surface area (Å²) in [5.74, 6) is -0.333. The van der Waals surface area contributed by atoms with Gasteiger partial charge in [-0.3, -0.25) is 9.59 Å². The average molecular weight is 291 g/mol. The summed E-state index contributed by atoms with van der Waals surface area (Å²) in [5.41, 5.74) is 6.64. The maximum atomic E-state index is 12.4. The van der Waals surface area contributed by atoms with Gasteiger partial charge in [0.2, 0.25) is 11.8 Å². The van der Waals surface area contributed by atoms with E-state index in [2.05, 4.69) is 10.6 Å². The number of para-hydroxylation sites is 1. The van der Waals surface area contributed by atoms with E-state index < -0.39 is 5.54 Å². The summed E-state index contributed by atoms with van der Waals surface area (Å²) in [6.07, 6.45) is 1.21. The third kappa shape index (κ3) is 3.80. The Labute approximate surface area is 124 Å². The van der Waals surface area contributed by atoms with Gasteiger partial charge in [-0.1, -0.05) is 18.2 Å². The van der Waals surface area contributed by atoms with E-state index in [9.17, 15) is 9.59 Å². The van der Waals surface area contributed by atoms with Crippen LogP contribution >= 0.6 is 0 Å². The number of rotatable bonds is 4. The van der Waals surface area contributed by atoms with Crippen LogP contribution in [0.5, 0.6) is 0 Å². The van der Waals surface area contributed by atoms with Crippen molar-refractivity contribution in [2.24, 2.45) is 5.73 Å². The Morgan fingerprint density at radius 1 is 1.29 bits per heavy atom. The van der Waals surface area contributed by atoms with E-state index in [4.69, 9.17) is 10.5 Å². The summed E-state index contributed by atoms with van der Waals surface area (Å²) in [7, 11) is 1.58. The molecule has 1 aromatic rings. The molecule has 21 heavy (non-hydrogen) atoms. The first-order valence-electron chi connectivity index (χ1n) is 7.02. The molecule has 114 valence electrons. The molecule has 1 aliphatic heterocycles. The minimum absolute atomic E-state index is 0.106. The Hall–Kier alpha value is -1.92. The number of carbonyl (C=O) groups excluding carboxylic acids is 2. The zero-order valence-electron chi connectivity index (χ0n) is 12.1. The van der Waals surface area contributed by atoms with Gasteiger partial charge in [0.1, 0.15) is 5.54 Å². The molecule has 1 saturated heterocycles. The molecule has 0 aliphatic carbocycles. The summed E-state index contributed by atoms with van der Waals surface area (Å²) >= 11 is 0. The van der Waals surface area contributed by atoms with E-state index in [-0.39, 0.29) is 18.2 Å². The lowest BCUT2D eigenvalue weighted by molar-refractivity contribution is -0.124. The number of nitrogens with one attached hydrogen (secondary N) is 2. The van der Waals surface area contributed by atoms with Gasteiger partial charge in [-0.25, -0.2) is 0 Å². The smallest absolute Gasteiger partial charge is 0.244 e. The third-order valence-electron chi connectivity index (χ3n) is 3.73. The highest BCUT2D eigenvalue weighted by atomic mass is 16.5. The lowest BCUT2D eigenvalue weighted by Gasteiger charge is -2.32. The number of hydrogen-bond donors (Lipinski definition) is 3.